The smallest absolute Gasteiger partial charge is 0.168 e. The summed E-state index contributed by atoms with van der Waals surface area (Å²) >= 11 is 0. The van der Waals surface area contributed by atoms with Crippen LogP contribution in [0.5, 0.6) is 0 Å². The van der Waals surface area contributed by atoms with Gasteiger partial charge in [0.25, 0.3) is 0 Å². The molecule has 26 heavy (non-hydrogen) atoms. The van der Waals surface area contributed by atoms with Gasteiger partial charge in [-0.05, 0) is 43.4 Å². The molecule has 1 saturated heterocycles. The van der Waals surface area contributed by atoms with Crippen LogP contribution < -0.4 is 5.32 Å². The summed E-state index contributed by atoms with van der Waals surface area (Å²) in [4.78, 5) is 0. The minimum atomic E-state index is -0.739. The lowest BCUT2D eigenvalue weighted by molar-refractivity contribution is -0.177. The van der Waals surface area contributed by atoms with E-state index in [1.54, 1.807) is 0 Å². The van der Waals surface area contributed by atoms with E-state index in [0.717, 1.165) is 57.4 Å². The molecule has 0 bridgehead atoms. The summed E-state index contributed by atoms with van der Waals surface area (Å²) in [5.74, 6) is 0.395. The molecule has 144 valence electrons. The number of benzene rings is 1. The first kappa shape index (κ1) is 18.5. The van der Waals surface area contributed by atoms with Gasteiger partial charge >= 0.3 is 0 Å². The molecule has 1 spiro atoms. The highest BCUT2D eigenvalue weighted by Crippen LogP contribution is 2.36. The van der Waals surface area contributed by atoms with E-state index in [1.807, 2.05) is 0 Å². The van der Waals surface area contributed by atoms with Crippen LogP contribution in [0.3, 0.4) is 0 Å². The van der Waals surface area contributed by atoms with Crippen molar-refractivity contribution in [3.63, 3.8) is 0 Å². The van der Waals surface area contributed by atoms with Crippen LogP contribution in [0.25, 0.3) is 0 Å². The van der Waals surface area contributed by atoms with Crippen LogP contribution in [0.1, 0.15) is 63.4 Å². The van der Waals surface area contributed by atoms with E-state index in [0.29, 0.717) is 17.0 Å². The molecule has 0 radical (unpaired) electrons. The van der Waals surface area contributed by atoms with Gasteiger partial charge in [-0.15, -0.1) is 0 Å². The normalized spacial score (nSPS) is 25.4. The van der Waals surface area contributed by atoms with Crippen molar-refractivity contribution in [3.05, 3.63) is 29.8 Å². The molecule has 4 rings (SSSR count). The van der Waals surface area contributed by atoms with E-state index in [9.17, 15) is 4.21 Å². The highest BCUT2D eigenvalue weighted by atomic mass is 32.2. The van der Waals surface area contributed by atoms with E-state index >= 15 is 0 Å². The molecule has 3 fully saturated rings. The number of ether oxygens (including phenoxy) is 2. The molecule has 3 aliphatic rings. The summed E-state index contributed by atoms with van der Waals surface area (Å²) in [5, 5.41) is 4.07. The molecule has 1 aliphatic heterocycles. The highest BCUT2D eigenvalue weighted by molar-refractivity contribution is 7.84. The first-order valence-electron chi connectivity index (χ1n) is 10.2. The molecule has 1 unspecified atom stereocenters. The summed E-state index contributed by atoms with van der Waals surface area (Å²) in [6.07, 6.45) is 10.1. The Bertz CT molecular complexity index is 613. The lowest BCUT2D eigenvalue weighted by Gasteiger charge is -2.36. The third-order valence-corrected chi connectivity index (χ3v) is 7.92. The zero-order chi connectivity index (χ0) is 17.8. The fourth-order valence-electron chi connectivity index (χ4n) is 4.58. The van der Waals surface area contributed by atoms with Gasteiger partial charge in [0, 0.05) is 46.4 Å². The Labute approximate surface area is 159 Å². The largest absolute Gasteiger partial charge is 0.382 e. The van der Waals surface area contributed by atoms with Crippen molar-refractivity contribution in [2.24, 2.45) is 0 Å². The van der Waals surface area contributed by atoms with Gasteiger partial charge in [0.05, 0.1) is 13.2 Å². The van der Waals surface area contributed by atoms with Gasteiger partial charge in [0.2, 0.25) is 0 Å². The summed E-state index contributed by atoms with van der Waals surface area (Å²) in [6.45, 7) is 1.47. The monoisotopic (exact) mass is 377 g/mol. The second kappa shape index (κ2) is 8.41. The maximum Gasteiger partial charge on any atom is 0.168 e. The van der Waals surface area contributed by atoms with Gasteiger partial charge in [-0.1, -0.05) is 31.4 Å². The Hall–Kier alpha value is -0.910. The molecule has 1 heterocycles. The third-order valence-electron chi connectivity index (χ3n) is 6.09. The van der Waals surface area contributed by atoms with Crippen LogP contribution >= 0.6 is 0 Å². The predicted molar refractivity (Wildman–Crippen MR) is 106 cm³/mol. The Morgan fingerprint density at radius 1 is 1.04 bits per heavy atom. The van der Waals surface area contributed by atoms with Crippen LogP contribution in [-0.2, 0) is 26.0 Å². The fraction of sp³-hybridized carbons (Fsp3) is 0.714. The van der Waals surface area contributed by atoms with Crippen molar-refractivity contribution in [2.45, 2.75) is 80.6 Å². The van der Waals surface area contributed by atoms with Crippen LogP contribution in [0.4, 0.5) is 5.69 Å². The zero-order valence-electron chi connectivity index (χ0n) is 15.6. The molecule has 0 amide bonds. The maximum atomic E-state index is 12.7. The molecular weight excluding hydrogens is 346 g/mol. The Morgan fingerprint density at radius 3 is 2.50 bits per heavy atom. The fourth-order valence-corrected chi connectivity index (χ4v) is 6.19. The van der Waals surface area contributed by atoms with Gasteiger partial charge in [0.15, 0.2) is 5.79 Å². The second-order valence-corrected chi connectivity index (χ2v) is 9.73. The predicted octanol–water partition coefficient (Wildman–Crippen LogP) is 4.37. The van der Waals surface area contributed by atoms with E-state index < -0.39 is 10.8 Å². The number of nitrogens with one attached hydrogen (secondary N) is 1. The topological polar surface area (TPSA) is 47.6 Å². The second-order valence-electron chi connectivity index (χ2n) is 8.01. The van der Waals surface area contributed by atoms with Crippen LogP contribution in [0, 0.1) is 0 Å². The van der Waals surface area contributed by atoms with Crippen molar-refractivity contribution >= 4 is 16.5 Å². The van der Waals surface area contributed by atoms with Crippen LogP contribution in [-0.4, -0.2) is 34.5 Å². The molecule has 1 aromatic rings. The first-order chi connectivity index (χ1) is 12.7. The number of rotatable bonds is 5. The average molecular weight is 378 g/mol. The number of anilines is 1. The molecule has 1 aromatic carbocycles. The van der Waals surface area contributed by atoms with Gasteiger partial charge in [-0.25, -0.2) is 0 Å². The van der Waals surface area contributed by atoms with E-state index in [1.165, 1.54) is 24.8 Å². The lowest BCUT2D eigenvalue weighted by atomic mass is 9.90. The van der Waals surface area contributed by atoms with Gasteiger partial charge in [-0.2, -0.15) is 0 Å². The maximum absolute atomic E-state index is 12.7. The molecule has 2 aliphatic carbocycles. The van der Waals surface area contributed by atoms with Gasteiger partial charge < -0.3 is 14.8 Å². The SMILES string of the molecule is O=S(Cc1cccc(NC2CCC3(CC2)OCCO3)c1)C1CCCCC1. The minimum Gasteiger partial charge on any atom is -0.382 e. The molecule has 5 heteroatoms. The zero-order valence-corrected chi connectivity index (χ0v) is 16.4. The van der Waals surface area contributed by atoms with E-state index in [-0.39, 0.29) is 5.79 Å². The Kier molecular flexibility index (Phi) is 5.97. The average Bonchev–Trinajstić information content (AvgIpc) is 3.13. The summed E-state index contributed by atoms with van der Waals surface area (Å²) in [5.41, 5.74) is 2.34. The van der Waals surface area contributed by atoms with Crippen LogP contribution in [0.2, 0.25) is 0 Å². The summed E-state index contributed by atoms with van der Waals surface area (Å²) in [7, 11) is -0.739. The quantitative estimate of drug-likeness (QED) is 0.828. The number of hydrogen-bond acceptors (Lipinski definition) is 4. The molecule has 2 saturated carbocycles. The highest BCUT2D eigenvalue weighted by Gasteiger charge is 2.40. The minimum absolute atomic E-state index is 0.295. The number of hydrogen-bond donors (Lipinski definition) is 1. The van der Waals surface area contributed by atoms with Crippen molar-refractivity contribution in [2.75, 3.05) is 18.5 Å². The van der Waals surface area contributed by atoms with Gasteiger partial charge in [-0.3, -0.25) is 4.21 Å². The molecule has 1 N–H and O–H groups in total. The molecule has 1 atom stereocenters. The third kappa shape index (κ3) is 4.49. The molecular formula is C21H31NO3S. The first-order valence-corrected chi connectivity index (χ1v) is 11.6. The Balaban J connectivity index is 1.30. The van der Waals surface area contributed by atoms with Crippen molar-refractivity contribution in [3.8, 4) is 0 Å². The van der Waals surface area contributed by atoms with Crippen LogP contribution in [0.15, 0.2) is 24.3 Å². The Morgan fingerprint density at radius 2 is 1.77 bits per heavy atom. The molecule has 0 aromatic heterocycles. The summed E-state index contributed by atoms with van der Waals surface area (Å²) in [6, 6.07) is 8.98. The summed E-state index contributed by atoms with van der Waals surface area (Å²) < 4.78 is 24.3. The van der Waals surface area contributed by atoms with Crippen molar-refractivity contribution in [1.29, 1.82) is 0 Å². The lowest BCUT2D eigenvalue weighted by Crippen LogP contribution is -2.39. The van der Waals surface area contributed by atoms with E-state index in [2.05, 4.69) is 29.6 Å². The molecule has 4 nitrogen and oxygen atoms in total. The standard InChI is InChI=1S/C21H31NO3S/c23-26(20-7-2-1-3-8-20)16-17-5-4-6-19(15-17)22-18-9-11-21(12-10-18)24-13-14-25-21/h4-6,15,18,20,22H,1-3,7-14,16H2. The van der Waals surface area contributed by atoms with Gasteiger partial charge in [0.1, 0.15) is 0 Å². The van der Waals surface area contributed by atoms with Crippen molar-refractivity contribution in [1.82, 2.24) is 0 Å². The van der Waals surface area contributed by atoms with E-state index in [4.69, 9.17) is 9.47 Å². The van der Waals surface area contributed by atoms with Crippen molar-refractivity contribution < 1.29 is 13.7 Å².